The van der Waals surface area contributed by atoms with Gasteiger partial charge in [0.1, 0.15) is 6.26 Å². The van der Waals surface area contributed by atoms with Crippen molar-refractivity contribution in [3.63, 3.8) is 0 Å². The minimum absolute atomic E-state index is 0.0503. The van der Waals surface area contributed by atoms with Gasteiger partial charge in [-0.15, -0.1) is 0 Å². The third-order valence-electron chi connectivity index (χ3n) is 4.71. The lowest BCUT2D eigenvalue weighted by Crippen LogP contribution is -2.29. The first-order valence-corrected chi connectivity index (χ1v) is 9.74. The molecule has 0 radical (unpaired) electrons. The van der Waals surface area contributed by atoms with Crippen LogP contribution >= 0.6 is 0 Å². The molecule has 1 fully saturated rings. The molecule has 0 bridgehead atoms. The second-order valence-electron chi connectivity index (χ2n) is 6.61. The van der Waals surface area contributed by atoms with Crippen molar-refractivity contribution in [3.8, 4) is 0 Å². The molecule has 1 aliphatic heterocycles. The summed E-state index contributed by atoms with van der Waals surface area (Å²) in [5.41, 5.74) is 0.927. The molecule has 1 aromatic carbocycles. The lowest BCUT2D eigenvalue weighted by atomic mass is 9.89. The summed E-state index contributed by atoms with van der Waals surface area (Å²) >= 11 is 0. The highest BCUT2D eigenvalue weighted by Crippen LogP contribution is 2.34. The van der Waals surface area contributed by atoms with Crippen LogP contribution in [-0.4, -0.2) is 61.8 Å². The summed E-state index contributed by atoms with van der Waals surface area (Å²) in [4.78, 5) is 25.8. The minimum Gasteiger partial charge on any atom is -0.481 e. The van der Waals surface area contributed by atoms with E-state index >= 15 is 0 Å². The van der Waals surface area contributed by atoms with E-state index in [2.05, 4.69) is 0 Å². The fourth-order valence-corrected chi connectivity index (χ4v) is 3.99. The Balaban J connectivity index is 1.84. The summed E-state index contributed by atoms with van der Waals surface area (Å²) < 4.78 is 30.2. The number of rotatable bonds is 5. The molecule has 0 unspecified atom stereocenters. The van der Waals surface area contributed by atoms with Gasteiger partial charge >= 0.3 is 5.97 Å². The topological polar surface area (TPSA) is 108 Å². The van der Waals surface area contributed by atoms with Crippen molar-refractivity contribution in [3.05, 3.63) is 53.8 Å². The van der Waals surface area contributed by atoms with Gasteiger partial charge in [-0.1, -0.05) is 30.3 Å². The number of hydrogen-bond donors (Lipinski definition) is 1. The fraction of sp³-hybridized carbons (Fsp3) is 0.333. The highest BCUT2D eigenvalue weighted by molar-refractivity contribution is 7.88. The lowest BCUT2D eigenvalue weighted by molar-refractivity contribution is -0.141. The van der Waals surface area contributed by atoms with Gasteiger partial charge in [0.15, 0.2) is 0 Å². The largest absolute Gasteiger partial charge is 0.481 e. The molecule has 8 nitrogen and oxygen atoms in total. The van der Waals surface area contributed by atoms with E-state index in [9.17, 15) is 23.1 Å². The van der Waals surface area contributed by atoms with Crippen molar-refractivity contribution in [1.82, 2.24) is 9.21 Å². The maximum atomic E-state index is 12.8. The van der Waals surface area contributed by atoms with Crippen LogP contribution in [0, 0.1) is 5.92 Å². The van der Waals surface area contributed by atoms with Crippen LogP contribution in [0.2, 0.25) is 0 Å². The first-order valence-electron chi connectivity index (χ1n) is 8.30. The Morgan fingerprint density at radius 2 is 1.85 bits per heavy atom. The van der Waals surface area contributed by atoms with E-state index in [4.69, 9.17) is 4.42 Å². The third kappa shape index (κ3) is 3.60. The van der Waals surface area contributed by atoms with Crippen LogP contribution in [0.25, 0.3) is 0 Å². The summed E-state index contributed by atoms with van der Waals surface area (Å²) in [5, 5.41) is 9.22. The number of aliphatic carboxylic acids is 1. The smallest absolute Gasteiger partial charge is 0.308 e. The maximum absolute atomic E-state index is 12.8. The molecule has 0 aliphatic carbocycles. The van der Waals surface area contributed by atoms with Crippen molar-refractivity contribution in [1.29, 1.82) is 0 Å². The molecule has 1 aromatic heterocycles. The zero-order valence-corrected chi connectivity index (χ0v) is 15.7. The molecule has 1 N–H and O–H groups in total. The van der Waals surface area contributed by atoms with Gasteiger partial charge in [0.2, 0.25) is 5.09 Å². The Morgan fingerprint density at radius 3 is 2.44 bits per heavy atom. The lowest BCUT2D eigenvalue weighted by Gasteiger charge is -2.15. The van der Waals surface area contributed by atoms with Gasteiger partial charge in [-0.05, 0) is 5.56 Å². The number of furan rings is 1. The first kappa shape index (κ1) is 19.1. The van der Waals surface area contributed by atoms with Gasteiger partial charge < -0.3 is 14.4 Å². The maximum Gasteiger partial charge on any atom is 0.308 e. The molecule has 2 heterocycles. The predicted octanol–water partition coefficient (Wildman–Crippen LogP) is 1.47. The highest BCUT2D eigenvalue weighted by atomic mass is 32.2. The molecule has 3 rings (SSSR count). The Hall–Kier alpha value is -2.65. The summed E-state index contributed by atoms with van der Waals surface area (Å²) in [6.07, 6.45) is 1.09. The number of nitrogens with zero attached hydrogens (tertiary/aromatic N) is 2. The number of benzene rings is 1. The number of amides is 1. The second-order valence-corrected chi connectivity index (χ2v) is 8.70. The number of carbonyl (C=O) groups excluding carboxylic acids is 1. The number of sulfonamides is 1. The molecule has 0 saturated carbocycles. The van der Waals surface area contributed by atoms with E-state index in [1.165, 1.54) is 25.1 Å². The molecule has 0 spiro atoms. The Morgan fingerprint density at radius 1 is 1.19 bits per heavy atom. The average molecular weight is 392 g/mol. The van der Waals surface area contributed by atoms with Crippen molar-refractivity contribution < 1.29 is 27.5 Å². The van der Waals surface area contributed by atoms with Gasteiger partial charge in [0, 0.05) is 39.2 Å². The molecule has 1 aliphatic rings. The van der Waals surface area contributed by atoms with Crippen LogP contribution in [0.5, 0.6) is 0 Å². The molecular formula is C18H20N2O6S. The van der Waals surface area contributed by atoms with Crippen molar-refractivity contribution >= 4 is 21.9 Å². The average Bonchev–Trinajstić information content (AvgIpc) is 3.29. The van der Waals surface area contributed by atoms with Gasteiger partial charge in [-0.2, -0.15) is 0 Å². The molecular weight excluding hydrogens is 372 g/mol. The van der Waals surface area contributed by atoms with Crippen molar-refractivity contribution in [2.24, 2.45) is 5.92 Å². The Bertz CT molecular complexity index is 951. The van der Waals surface area contributed by atoms with Crippen LogP contribution in [0.4, 0.5) is 0 Å². The normalized spacial score (nSPS) is 20.2. The molecule has 27 heavy (non-hydrogen) atoms. The molecule has 2 atom stereocenters. The number of likely N-dealkylation sites (tertiary alicyclic amines) is 1. The van der Waals surface area contributed by atoms with E-state index in [0.29, 0.717) is 0 Å². The molecule has 1 amide bonds. The molecule has 2 aromatic rings. The SMILES string of the molecule is CN(C)S(=O)(=O)c1cc(C(=O)N2C[C@H](C(=O)O)[C@H](c3ccccc3)C2)co1. The summed E-state index contributed by atoms with van der Waals surface area (Å²) in [5.74, 6) is -2.48. The predicted molar refractivity (Wildman–Crippen MR) is 95.8 cm³/mol. The zero-order chi connectivity index (χ0) is 19.8. The first-order chi connectivity index (χ1) is 12.7. The molecule has 1 saturated heterocycles. The summed E-state index contributed by atoms with van der Waals surface area (Å²) in [6, 6.07) is 10.3. The fourth-order valence-electron chi connectivity index (χ4n) is 3.18. The Labute approximate surface area is 157 Å². The van der Waals surface area contributed by atoms with Gasteiger partial charge in [-0.25, -0.2) is 12.7 Å². The minimum atomic E-state index is -3.79. The van der Waals surface area contributed by atoms with Gasteiger partial charge in [0.05, 0.1) is 11.5 Å². The number of hydrogen-bond acceptors (Lipinski definition) is 5. The third-order valence-corrected chi connectivity index (χ3v) is 6.39. The van der Waals surface area contributed by atoms with Crippen LogP contribution in [0.3, 0.4) is 0 Å². The summed E-state index contributed by atoms with van der Waals surface area (Å²) in [6.45, 7) is 0.287. The van der Waals surface area contributed by atoms with Gasteiger partial charge in [0.25, 0.3) is 15.9 Å². The zero-order valence-electron chi connectivity index (χ0n) is 14.9. The number of carboxylic acids is 1. The van der Waals surface area contributed by atoms with Crippen LogP contribution in [0.15, 0.2) is 52.2 Å². The monoisotopic (exact) mass is 392 g/mol. The molecule has 144 valence electrons. The Kier molecular flexibility index (Phi) is 5.07. The van der Waals surface area contributed by atoms with E-state index in [0.717, 1.165) is 16.1 Å². The number of carbonyl (C=O) groups is 2. The van der Waals surface area contributed by atoms with Crippen LogP contribution in [0.1, 0.15) is 21.8 Å². The van der Waals surface area contributed by atoms with E-state index in [1.807, 2.05) is 30.3 Å². The highest BCUT2D eigenvalue weighted by Gasteiger charge is 2.41. The number of carboxylic acid groups (broad SMARTS) is 1. The van der Waals surface area contributed by atoms with E-state index in [1.54, 1.807) is 0 Å². The van der Waals surface area contributed by atoms with Gasteiger partial charge in [-0.3, -0.25) is 9.59 Å². The quantitative estimate of drug-likeness (QED) is 0.826. The van der Waals surface area contributed by atoms with E-state index < -0.39 is 27.8 Å². The van der Waals surface area contributed by atoms with Crippen LogP contribution in [-0.2, 0) is 14.8 Å². The van der Waals surface area contributed by atoms with Crippen LogP contribution < -0.4 is 0 Å². The second kappa shape index (κ2) is 7.16. The standard InChI is InChI=1S/C18H20N2O6S/c1-19(2)27(24,25)16-8-13(11-26-16)17(21)20-9-14(15(10-20)18(22)23)12-6-4-3-5-7-12/h3-8,11,14-15H,9-10H2,1-2H3,(H,22,23)/t14-,15-/m0/s1. The van der Waals surface area contributed by atoms with Crippen molar-refractivity contribution in [2.45, 2.75) is 11.0 Å². The molecule has 9 heteroatoms. The van der Waals surface area contributed by atoms with E-state index in [-0.39, 0.29) is 29.7 Å². The summed E-state index contributed by atoms with van der Waals surface area (Å²) in [7, 11) is -1.06. The van der Waals surface area contributed by atoms with Crippen molar-refractivity contribution in [2.75, 3.05) is 27.2 Å².